The highest BCUT2D eigenvalue weighted by molar-refractivity contribution is 6.33. The Kier molecular flexibility index (Phi) is 4.27. The Morgan fingerprint density at radius 2 is 2.14 bits per heavy atom. The van der Waals surface area contributed by atoms with Gasteiger partial charge in [-0.05, 0) is 17.5 Å². The minimum absolute atomic E-state index is 0.0146. The molecule has 0 aliphatic carbocycles. The van der Waals surface area contributed by atoms with Crippen LogP contribution in [0.1, 0.15) is 26.2 Å². The molecule has 0 amide bonds. The molecule has 2 aromatic rings. The molecule has 0 saturated heterocycles. The molecule has 0 bridgehead atoms. The number of rotatable bonds is 5. The van der Waals surface area contributed by atoms with Gasteiger partial charge in [-0.15, -0.1) is 10.2 Å². The Bertz CT molecular complexity index is 650. The summed E-state index contributed by atoms with van der Waals surface area (Å²) in [7, 11) is 0. The molecule has 0 saturated carbocycles. The van der Waals surface area contributed by atoms with Gasteiger partial charge >= 0.3 is 5.97 Å². The fourth-order valence-corrected chi connectivity index (χ4v) is 2.25. The van der Waals surface area contributed by atoms with Crippen LogP contribution >= 0.6 is 11.6 Å². The topological polar surface area (TPSA) is 76.2 Å². The Labute approximate surface area is 125 Å². The molecule has 5 nitrogen and oxygen atoms in total. The maximum absolute atomic E-state index is 13.8. The third kappa shape index (κ3) is 3.78. The largest absolute Gasteiger partial charge is 0.481 e. The van der Waals surface area contributed by atoms with Gasteiger partial charge in [-0.1, -0.05) is 31.5 Å². The molecule has 7 heteroatoms. The van der Waals surface area contributed by atoms with Crippen LogP contribution in [-0.4, -0.2) is 21.3 Å². The van der Waals surface area contributed by atoms with Crippen molar-refractivity contribution in [1.29, 1.82) is 0 Å². The van der Waals surface area contributed by atoms with Crippen molar-refractivity contribution in [3.05, 3.63) is 34.9 Å². The van der Waals surface area contributed by atoms with Gasteiger partial charge in [0.1, 0.15) is 5.82 Å². The normalized spacial score (nSPS) is 11.6. The van der Waals surface area contributed by atoms with Crippen LogP contribution in [0.25, 0.3) is 11.5 Å². The van der Waals surface area contributed by atoms with Crippen molar-refractivity contribution in [2.24, 2.45) is 5.41 Å². The first-order valence-electron chi connectivity index (χ1n) is 6.27. The predicted molar refractivity (Wildman–Crippen MR) is 74.4 cm³/mol. The van der Waals surface area contributed by atoms with E-state index >= 15 is 0 Å². The van der Waals surface area contributed by atoms with Gasteiger partial charge in [0.05, 0.1) is 17.0 Å². The summed E-state index contributed by atoms with van der Waals surface area (Å²) < 4.78 is 19.2. The van der Waals surface area contributed by atoms with Crippen molar-refractivity contribution in [3.63, 3.8) is 0 Å². The average Bonchev–Trinajstić information content (AvgIpc) is 2.74. The zero-order valence-corrected chi connectivity index (χ0v) is 12.3. The van der Waals surface area contributed by atoms with Gasteiger partial charge in [-0.3, -0.25) is 4.79 Å². The predicted octanol–water partition coefficient (Wildman–Crippen LogP) is 3.57. The molecule has 0 fully saturated rings. The number of benzene rings is 1. The summed E-state index contributed by atoms with van der Waals surface area (Å²) in [5.74, 6) is -1.23. The van der Waals surface area contributed by atoms with E-state index in [0.717, 1.165) is 0 Å². The van der Waals surface area contributed by atoms with Gasteiger partial charge in [-0.25, -0.2) is 4.39 Å². The van der Waals surface area contributed by atoms with Crippen molar-refractivity contribution >= 4 is 17.6 Å². The summed E-state index contributed by atoms with van der Waals surface area (Å²) in [5.41, 5.74) is -0.497. The van der Waals surface area contributed by atoms with Gasteiger partial charge in [-0.2, -0.15) is 0 Å². The quantitative estimate of drug-likeness (QED) is 0.913. The molecule has 1 aromatic heterocycles. The van der Waals surface area contributed by atoms with Crippen LogP contribution in [-0.2, 0) is 11.2 Å². The minimum atomic E-state index is -0.906. The molecule has 21 heavy (non-hydrogen) atoms. The van der Waals surface area contributed by atoms with Crippen LogP contribution in [0.4, 0.5) is 4.39 Å². The standard InChI is InChI=1S/C14H14ClFN2O3/c1-14(2,7-11(19)20)6-10-17-18-13(21-10)12-8(15)4-3-5-9(12)16/h3-5H,6-7H2,1-2H3,(H,19,20). The van der Waals surface area contributed by atoms with E-state index in [1.54, 1.807) is 13.8 Å². The highest BCUT2D eigenvalue weighted by atomic mass is 35.5. The summed E-state index contributed by atoms with van der Waals surface area (Å²) in [6.07, 6.45) is 0.240. The van der Waals surface area contributed by atoms with Crippen LogP contribution in [0.15, 0.2) is 22.6 Å². The number of carboxylic acids is 1. The van der Waals surface area contributed by atoms with E-state index in [9.17, 15) is 9.18 Å². The lowest BCUT2D eigenvalue weighted by molar-refractivity contribution is -0.139. The van der Waals surface area contributed by atoms with E-state index in [1.165, 1.54) is 18.2 Å². The Hall–Kier alpha value is -1.95. The summed E-state index contributed by atoms with van der Waals surface area (Å²) in [5, 5.41) is 16.6. The van der Waals surface area contributed by atoms with E-state index < -0.39 is 17.2 Å². The Balaban J connectivity index is 2.25. The lowest BCUT2D eigenvalue weighted by Crippen LogP contribution is -2.19. The number of hydrogen-bond donors (Lipinski definition) is 1. The molecule has 112 valence electrons. The van der Waals surface area contributed by atoms with Crippen molar-refractivity contribution in [2.75, 3.05) is 0 Å². The van der Waals surface area contributed by atoms with E-state index in [-0.39, 0.29) is 35.2 Å². The molecule has 0 atom stereocenters. The average molecular weight is 313 g/mol. The second-order valence-electron chi connectivity index (χ2n) is 5.51. The maximum Gasteiger partial charge on any atom is 0.303 e. The molecule has 0 aliphatic heterocycles. The van der Waals surface area contributed by atoms with Gasteiger partial charge < -0.3 is 9.52 Å². The third-order valence-electron chi connectivity index (χ3n) is 2.90. The third-order valence-corrected chi connectivity index (χ3v) is 3.22. The van der Waals surface area contributed by atoms with Gasteiger partial charge in [0.15, 0.2) is 0 Å². The van der Waals surface area contributed by atoms with Crippen molar-refractivity contribution in [3.8, 4) is 11.5 Å². The Morgan fingerprint density at radius 1 is 1.43 bits per heavy atom. The second kappa shape index (κ2) is 5.81. The van der Waals surface area contributed by atoms with Crippen LogP contribution in [0.3, 0.4) is 0 Å². The first-order chi connectivity index (χ1) is 9.78. The lowest BCUT2D eigenvalue weighted by atomic mass is 9.86. The second-order valence-corrected chi connectivity index (χ2v) is 5.92. The maximum atomic E-state index is 13.8. The van der Waals surface area contributed by atoms with Crippen molar-refractivity contribution in [1.82, 2.24) is 10.2 Å². The first-order valence-corrected chi connectivity index (χ1v) is 6.65. The molecule has 0 radical (unpaired) electrons. The number of hydrogen-bond acceptors (Lipinski definition) is 4. The molecule has 1 aromatic carbocycles. The van der Waals surface area contributed by atoms with E-state index in [2.05, 4.69) is 10.2 Å². The zero-order valence-electron chi connectivity index (χ0n) is 11.6. The van der Waals surface area contributed by atoms with Crippen molar-refractivity contribution in [2.45, 2.75) is 26.7 Å². The van der Waals surface area contributed by atoms with Crippen LogP contribution in [0, 0.1) is 11.2 Å². The summed E-state index contributed by atoms with van der Waals surface area (Å²) in [4.78, 5) is 10.8. The molecule has 0 unspecified atom stereocenters. The molecular weight excluding hydrogens is 299 g/mol. The summed E-state index contributed by atoms with van der Waals surface area (Å²) in [6, 6.07) is 4.26. The number of aromatic nitrogens is 2. The van der Waals surface area contributed by atoms with Crippen LogP contribution in [0.5, 0.6) is 0 Å². The summed E-state index contributed by atoms with van der Waals surface area (Å²) in [6.45, 7) is 3.56. The summed E-state index contributed by atoms with van der Waals surface area (Å²) >= 11 is 5.93. The van der Waals surface area contributed by atoms with Gasteiger partial charge in [0.25, 0.3) is 5.89 Å². The van der Waals surface area contributed by atoms with E-state index in [1.807, 2.05) is 0 Å². The lowest BCUT2D eigenvalue weighted by Gasteiger charge is -2.19. The highest BCUT2D eigenvalue weighted by Crippen LogP contribution is 2.31. The number of carboxylic acid groups (broad SMARTS) is 1. The molecule has 0 spiro atoms. The van der Waals surface area contributed by atoms with Crippen LogP contribution < -0.4 is 0 Å². The van der Waals surface area contributed by atoms with Gasteiger partial charge in [0, 0.05) is 6.42 Å². The molecule has 1 N–H and O–H groups in total. The van der Waals surface area contributed by atoms with E-state index in [0.29, 0.717) is 0 Å². The zero-order chi connectivity index (χ0) is 15.6. The highest BCUT2D eigenvalue weighted by Gasteiger charge is 2.26. The molecular formula is C14H14ClFN2O3. The smallest absolute Gasteiger partial charge is 0.303 e. The minimum Gasteiger partial charge on any atom is -0.481 e. The fourth-order valence-electron chi connectivity index (χ4n) is 2.01. The number of carbonyl (C=O) groups is 1. The van der Waals surface area contributed by atoms with Crippen LogP contribution in [0.2, 0.25) is 5.02 Å². The number of aliphatic carboxylic acids is 1. The first kappa shape index (κ1) is 15.4. The van der Waals surface area contributed by atoms with Gasteiger partial charge in [0.2, 0.25) is 5.89 Å². The Morgan fingerprint density at radius 3 is 2.76 bits per heavy atom. The van der Waals surface area contributed by atoms with E-state index in [4.69, 9.17) is 21.1 Å². The molecule has 2 rings (SSSR count). The number of halogens is 2. The monoisotopic (exact) mass is 312 g/mol. The SMILES string of the molecule is CC(C)(CC(=O)O)Cc1nnc(-c2c(F)cccc2Cl)o1. The fraction of sp³-hybridized carbons (Fsp3) is 0.357. The van der Waals surface area contributed by atoms with Crippen molar-refractivity contribution < 1.29 is 18.7 Å². The molecule has 1 heterocycles. The molecule has 0 aliphatic rings. The number of nitrogens with zero attached hydrogens (tertiary/aromatic N) is 2.